The molecule has 0 saturated heterocycles. The zero-order valence-electron chi connectivity index (χ0n) is 12.5. The normalized spacial score (nSPS) is 11.0. The molecule has 116 valence electrons. The lowest BCUT2D eigenvalue weighted by molar-refractivity contribution is 0.900. The van der Waals surface area contributed by atoms with Gasteiger partial charge in [0, 0.05) is 23.7 Å². The standard InChI is InChI=1S/C17H12N6O/c18-7-10-3-4-23-15(9-20-16(23)5-10)11-1-2-12-13(6-11)14(8-19)21-22-17(12)24/h1-6,9H,8,19H2,(H,22,24). The fraction of sp³-hybridized carbons (Fsp3) is 0.0588. The number of pyridine rings is 1. The molecule has 7 nitrogen and oxygen atoms in total. The van der Waals surface area contributed by atoms with E-state index in [0.29, 0.717) is 22.3 Å². The highest BCUT2D eigenvalue weighted by molar-refractivity contribution is 5.88. The topological polar surface area (TPSA) is 113 Å². The molecule has 0 amide bonds. The van der Waals surface area contributed by atoms with E-state index in [1.54, 1.807) is 30.6 Å². The minimum absolute atomic E-state index is 0.232. The van der Waals surface area contributed by atoms with Crippen LogP contribution in [0.3, 0.4) is 0 Å². The number of hydrogen-bond acceptors (Lipinski definition) is 5. The van der Waals surface area contributed by atoms with E-state index in [1.165, 1.54) is 0 Å². The Morgan fingerprint density at radius 2 is 2.12 bits per heavy atom. The maximum Gasteiger partial charge on any atom is 0.272 e. The zero-order chi connectivity index (χ0) is 16.7. The van der Waals surface area contributed by atoms with Crippen molar-refractivity contribution >= 4 is 16.4 Å². The molecule has 0 unspecified atom stereocenters. The number of hydrogen-bond donors (Lipinski definition) is 2. The largest absolute Gasteiger partial charge is 0.325 e. The second-order valence-corrected chi connectivity index (χ2v) is 5.36. The molecular formula is C17H12N6O. The molecule has 24 heavy (non-hydrogen) atoms. The van der Waals surface area contributed by atoms with E-state index in [4.69, 9.17) is 11.0 Å². The summed E-state index contributed by atoms with van der Waals surface area (Å²) in [6.45, 7) is 0.232. The second-order valence-electron chi connectivity index (χ2n) is 5.36. The smallest absolute Gasteiger partial charge is 0.272 e. The van der Waals surface area contributed by atoms with Crippen LogP contribution in [0, 0.1) is 11.3 Å². The van der Waals surface area contributed by atoms with Crippen molar-refractivity contribution in [3.05, 3.63) is 64.3 Å². The van der Waals surface area contributed by atoms with Gasteiger partial charge in [0.25, 0.3) is 5.56 Å². The lowest BCUT2D eigenvalue weighted by atomic mass is 10.1. The third-order valence-corrected chi connectivity index (χ3v) is 4.00. The Morgan fingerprint density at radius 1 is 1.25 bits per heavy atom. The highest BCUT2D eigenvalue weighted by Gasteiger charge is 2.11. The average Bonchev–Trinajstić information content (AvgIpc) is 3.04. The molecule has 3 aromatic heterocycles. The minimum Gasteiger partial charge on any atom is -0.325 e. The molecule has 3 N–H and O–H groups in total. The van der Waals surface area contributed by atoms with Crippen molar-refractivity contribution in [3.8, 4) is 17.3 Å². The van der Waals surface area contributed by atoms with E-state index in [9.17, 15) is 4.79 Å². The summed E-state index contributed by atoms with van der Waals surface area (Å²) in [6, 6.07) is 11.1. The average molecular weight is 316 g/mol. The number of fused-ring (bicyclic) bond motifs is 2. The van der Waals surface area contributed by atoms with E-state index in [1.807, 2.05) is 16.5 Å². The third-order valence-electron chi connectivity index (χ3n) is 4.00. The molecule has 0 spiro atoms. The maximum atomic E-state index is 11.9. The van der Waals surface area contributed by atoms with Crippen LogP contribution in [0.2, 0.25) is 0 Å². The Balaban J connectivity index is 1.97. The molecule has 0 aliphatic rings. The number of nitriles is 1. The van der Waals surface area contributed by atoms with Crippen molar-refractivity contribution in [2.24, 2.45) is 5.73 Å². The Morgan fingerprint density at radius 3 is 2.92 bits per heavy atom. The predicted molar refractivity (Wildman–Crippen MR) is 89.2 cm³/mol. The first kappa shape index (κ1) is 14.1. The van der Waals surface area contributed by atoms with Gasteiger partial charge in [-0.15, -0.1) is 0 Å². The molecule has 4 rings (SSSR count). The van der Waals surface area contributed by atoms with Gasteiger partial charge in [0.2, 0.25) is 0 Å². The third kappa shape index (κ3) is 2.06. The van der Waals surface area contributed by atoms with Crippen LogP contribution in [0.25, 0.3) is 27.7 Å². The van der Waals surface area contributed by atoms with Crippen LogP contribution < -0.4 is 11.3 Å². The van der Waals surface area contributed by atoms with Crippen molar-refractivity contribution in [1.82, 2.24) is 19.6 Å². The number of benzene rings is 1. The molecule has 0 bridgehead atoms. The van der Waals surface area contributed by atoms with E-state index in [-0.39, 0.29) is 12.1 Å². The number of aromatic amines is 1. The van der Waals surface area contributed by atoms with E-state index < -0.39 is 0 Å². The number of H-pyrrole nitrogens is 1. The first-order valence-electron chi connectivity index (χ1n) is 7.30. The first-order valence-corrected chi connectivity index (χ1v) is 7.30. The van der Waals surface area contributed by atoms with Crippen LogP contribution in [0.15, 0.2) is 47.5 Å². The highest BCUT2D eigenvalue weighted by atomic mass is 16.1. The molecular weight excluding hydrogens is 304 g/mol. The summed E-state index contributed by atoms with van der Waals surface area (Å²) >= 11 is 0. The van der Waals surface area contributed by atoms with Crippen LogP contribution >= 0.6 is 0 Å². The molecule has 1 aromatic carbocycles. The summed E-state index contributed by atoms with van der Waals surface area (Å²) in [5.74, 6) is 0. The van der Waals surface area contributed by atoms with Crippen LogP contribution in [0.5, 0.6) is 0 Å². The summed E-state index contributed by atoms with van der Waals surface area (Å²) in [5.41, 5.74) is 9.10. The van der Waals surface area contributed by atoms with Gasteiger partial charge in [0.1, 0.15) is 5.65 Å². The molecule has 0 saturated carbocycles. The Labute approximate surface area is 136 Å². The van der Waals surface area contributed by atoms with E-state index in [0.717, 1.165) is 16.6 Å². The highest BCUT2D eigenvalue weighted by Crippen LogP contribution is 2.25. The van der Waals surface area contributed by atoms with Crippen LogP contribution in [0.4, 0.5) is 0 Å². The molecule has 4 aromatic rings. The Kier molecular flexibility index (Phi) is 3.11. The first-order chi connectivity index (χ1) is 11.7. The number of nitrogens with two attached hydrogens (primary N) is 1. The van der Waals surface area contributed by atoms with Crippen molar-refractivity contribution in [2.75, 3.05) is 0 Å². The van der Waals surface area contributed by atoms with Gasteiger partial charge in [-0.25, -0.2) is 10.1 Å². The van der Waals surface area contributed by atoms with E-state index >= 15 is 0 Å². The minimum atomic E-state index is -0.245. The van der Waals surface area contributed by atoms with Gasteiger partial charge in [0.05, 0.1) is 34.6 Å². The van der Waals surface area contributed by atoms with E-state index in [2.05, 4.69) is 21.3 Å². The number of nitrogens with one attached hydrogen (secondary N) is 1. The van der Waals surface area contributed by atoms with Crippen molar-refractivity contribution < 1.29 is 0 Å². The molecule has 0 aliphatic heterocycles. The second kappa shape index (κ2) is 5.30. The molecule has 0 radical (unpaired) electrons. The van der Waals surface area contributed by atoms with Gasteiger partial charge in [0.15, 0.2) is 0 Å². The number of imidazole rings is 1. The predicted octanol–water partition coefficient (Wildman–Crippen LogP) is 1.57. The van der Waals surface area contributed by atoms with Crippen LogP contribution in [0.1, 0.15) is 11.3 Å². The Hall–Kier alpha value is -3.50. The lowest BCUT2D eigenvalue weighted by Crippen LogP contribution is -2.13. The summed E-state index contributed by atoms with van der Waals surface area (Å²) in [5, 5.41) is 16.7. The van der Waals surface area contributed by atoms with Crippen LogP contribution in [-0.2, 0) is 6.54 Å². The van der Waals surface area contributed by atoms with Gasteiger partial charge in [-0.1, -0.05) is 6.07 Å². The summed E-state index contributed by atoms with van der Waals surface area (Å²) in [4.78, 5) is 16.3. The molecule has 0 atom stereocenters. The van der Waals surface area contributed by atoms with Gasteiger partial charge in [-0.05, 0) is 24.3 Å². The van der Waals surface area contributed by atoms with Crippen molar-refractivity contribution in [1.29, 1.82) is 5.26 Å². The van der Waals surface area contributed by atoms with Crippen LogP contribution in [-0.4, -0.2) is 19.6 Å². The molecule has 3 heterocycles. The summed E-state index contributed by atoms with van der Waals surface area (Å²) < 4.78 is 1.89. The molecule has 0 aliphatic carbocycles. The molecule has 7 heteroatoms. The fourth-order valence-electron chi connectivity index (χ4n) is 2.80. The fourth-order valence-corrected chi connectivity index (χ4v) is 2.80. The quantitative estimate of drug-likeness (QED) is 0.583. The SMILES string of the molecule is N#Cc1ccn2c(-c3ccc4c(=O)[nH]nc(CN)c4c3)cnc2c1. The summed E-state index contributed by atoms with van der Waals surface area (Å²) in [7, 11) is 0. The lowest BCUT2D eigenvalue weighted by Gasteiger charge is -2.06. The van der Waals surface area contributed by atoms with Gasteiger partial charge >= 0.3 is 0 Å². The Bertz CT molecular complexity index is 1180. The monoisotopic (exact) mass is 316 g/mol. The number of nitrogens with zero attached hydrogens (tertiary/aromatic N) is 4. The number of aromatic nitrogens is 4. The van der Waals surface area contributed by atoms with Gasteiger partial charge < -0.3 is 5.73 Å². The summed E-state index contributed by atoms with van der Waals surface area (Å²) in [6.07, 6.45) is 3.54. The van der Waals surface area contributed by atoms with Gasteiger partial charge in [-0.3, -0.25) is 9.20 Å². The number of rotatable bonds is 2. The van der Waals surface area contributed by atoms with Gasteiger partial charge in [-0.2, -0.15) is 10.4 Å². The maximum absolute atomic E-state index is 11.9. The van der Waals surface area contributed by atoms with Crippen molar-refractivity contribution in [2.45, 2.75) is 6.54 Å². The van der Waals surface area contributed by atoms with Crippen molar-refractivity contribution in [3.63, 3.8) is 0 Å². The molecule has 0 fully saturated rings. The zero-order valence-corrected chi connectivity index (χ0v) is 12.5.